The molecule has 224 valence electrons. The fraction of sp³-hybridized carbons (Fsp3) is 0.839. The molecule has 0 heterocycles. The van der Waals surface area contributed by atoms with Gasteiger partial charge in [0, 0.05) is 23.7 Å². The van der Waals surface area contributed by atoms with Crippen LogP contribution in [0.1, 0.15) is 99.3 Å². The molecule has 0 aliphatic heterocycles. The predicted molar refractivity (Wildman–Crippen MR) is 166 cm³/mol. The second-order valence-corrected chi connectivity index (χ2v) is 11.9. The quantitative estimate of drug-likeness (QED) is 0.0965. The Morgan fingerprint density at radius 2 is 1.71 bits per heavy atom. The second-order valence-electron chi connectivity index (χ2n) is 11.9. The van der Waals surface area contributed by atoms with Crippen molar-refractivity contribution >= 4 is 5.71 Å². The third kappa shape index (κ3) is 8.70. The van der Waals surface area contributed by atoms with Crippen LogP contribution in [-0.2, 0) is 0 Å². The molecule has 0 bridgehead atoms. The van der Waals surface area contributed by atoms with E-state index in [1.165, 1.54) is 38.5 Å². The SMILES string of the molecule is C=C/C=C1/CCC2(N)C(CCC3(C)C(C(C)=N)CCC32)C1(C)CCC.CCCNCCO.CCNC.NN. The summed E-state index contributed by atoms with van der Waals surface area (Å²) in [6.07, 6.45) is 14.9. The summed E-state index contributed by atoms with van der Waals surface area (Å²) in [6.45, 7) is 20.4. The second kappa shape index (κ2) is 18.3. The minimum atomic E-state index is -0.0559. The van der Waals surface area contributed by atoms with Gasteiger partial charge >= 0.3 is 0 Å². The van der Waals surface area contributed by atoms with Crippen LogP contribution >= 0.6 is 0 Å². The van der Waals surface area contributed by atoms with E-state index in [9.17, 15) is 0 Å². The van der Waals surface area contributed by atoms with Crippen LogP contribution in [0.5, 0.6) is 0 Å². The van der Waals surface area contributed by atoms with Gasteiger partial charge in [-0.2, -0.15) is 0 Å². The summed E-state index contributed by atoms with van der Waals surface area (Å²) < 4.78 is 0. The van der Waals surface area contributed by atoms with Crippen LogP contribution < -0.4 is 28.1 Å². The van der Waals surface area contributed by atoms with Crippen LogP contribution in [-0.4, -0.2) is 49.6 Å². The zero-order valence-corrected chi connectivity index (χ0v) is 26.0. The topological polar surface area (TPSA) is 146 Å². The first-order chi connectivity index (χ1) is 18.1. The highest BCUT2D eigenvalue weighted by atomic mass is 16.3. The van der Waals surface area contributed by atoms with Crippen LogP contribution in [0.15, 0.2) is 24.3 Å². The van der Waals surface area contributed by atoms with E-state index < -0.39 is 0 Å². The normalized spacial score (nSPS) is 34.3. The van der Waals surface area contributed by atoms with Crippen molar-refractivity contribution in [3.05, 3.63) is 24.3 Å². The van der Waals surface area contributed by atoms with E-state index in [4.69, 9.17) is 16.2 Å². The molecule has 0 spiro atoms. The summed E-state index contributed by atoms with van der Waals surface area (Å²) in [5, 5.41) is 22.5. The number of nitrogens with one attached hydrogen (secondary N) is 3. The highest BCUT2D eigenvalue weighted by Crippen LogP contribution is 2.67. The Bertz CT molecular complexity index is 706. The number of allylic oxidation sites excluding steroid dienone is 3. The molecule has 3 fully saturated rings. The van der Waals surface area contributed by atoms with Crippen molar-refractivity contribution in [3.63, 3.8) is 0 Å². The Balaban J connectivity index is 0.000000883. The molecule has 0 radical (unpaired) electrons. The first-order valence-corrected chi connectivity index (χ1v) is 15.0. The van der Waals surface area contributed by atoms with E-state index in [2.05, 4.69) is 69.6 Å². The maximum absolute atomic E-state index is 8.31. The Labute approximate surface area is 235 Å². The number of hydrogen-bond donors (Lipinski definition) is 7. The summed E-state index contributed by atoms with van der Waals surface area (Å²) in [5.41, 5.74) is 10.2. The van der Waals surface area contributed by atoms with E-state index >= 15 is 0 Å². The summed E-state index contributed by atoms with van der Waals surface area (Å²) in [6, 6.07) is 0. The third-order valence-corrected chi connectivity index (χ3v) is 9.62. The maximum Gasteiger partial charge on any atom is 0.0555 e. The first-order valence-electron chi connectivity index (χ1n) is 15.0. The van der Waals surface area contributed by atoms with Gasteiger partial charge in [0.15, 0.2) is 0 Å². The summed E-state index contributed by atoms with van der Waals surface area (Å²) in [5.74, 6) is 9.59. The number of nitrogens with two attached hydrogens (primary N) is 3. The molecule has 7 heteroatoms. The molecule has 10 N–H and O–H groups in total. The maximum atomic E-state index is 8.31. The highest BCUT2D eigenvalue weighted by molar-refractivity contribution is 5.82. The Morgan fingerprint density at radius 3 is 2.18 bits per heavy atom. The monoisotopic (exact) mass is 537 g/mol. The molecule has 3 aliphatic rings. The van der Waals surface area contributed by atoms with Crippen LogP contribution in [0.25, 0.3) is 0 Å². The van der Waals surface area contributed by atoms with Gasteiger partial charge in [0.05, 0.1) is 6.61 Å². The Hall–Kier alpha value is -1.09. The first kappa shape index (κ1) is 36.9. The molecule has 3 saturated carbocycles. The van der Waals surface area contributed by atoms with Gasteiger partial charge in [-0.3, -0.25) is 11.7 Å². The van der Waals surface area contributed by atoms with E-state index in [0.717, 1.165) is 44.6 Å². The fourth-order valence-corrected chi connectivity index (χ4v) is 7.92. The van der Waals surface area contributed by atoms with Gasteiger partial charge in [-0.1, -0.05) is 65.3 Å². The molecule has 0 saturated heterocycles. The number of rotatable bonds is 9. The number of aliphatic hydroxyl groups is 1. The van der Waals surface area contributed by atoms with Gasteiger partial charge in [-0.25, -0.2) is 0 Å². The van der Waals surface area contributed by atoms with Crippen molar-refractivity contribution in [2.45, 2.75) is 105 Å². The minimum Gasteiger partial charge on any atom is -0.395 e. The average molecular weight is 537 g/mol. The van der Waals surface area contributed by atoms with Crippen molar-refractivity contribution < 1.29 is 5.11 Å². The Morgan fingerprint density at radius 1 is 1.08 bits per heavy atom. The number of hydrogen-bond acceptors (Lipinski definition) is 7. The molecule has 7 nitrogen and oxygen atoms in total. The molecule has 0 aromatic carbocycles. The molecule has 0 aromatic heterocycles. The van der Waals surface area contributed by atoms with Crippen molar-refractivity contribution in [1.82, 2.24) is 10.6 Å². The average Bonchev–Trinajstić information content (AvgIpc) is 3.27. The van der Waals surface area contributed by atoms with Crippen LogP contribution in [0.3, 0.4) is 0 Å². The minimum absolute atomic E-state index is 0.0559. The summed E-state index contributed by atoms with van der Waals surface area (Å²) in [4.78, 5) is 0. The molecule has 3 rings (SSSR count). The Kier molecular flexibility index (Phi) is 17.8. The molecule has 38 heavy (non-hydrogen) atoms. The van der Waals surface area contributed by atoms with Gasteiger partial charge in [-0.15, -0.1) is 0 Å². The van der Waals surface area contributed by atoms with Gasteiger partial charge in [0.25, 0.3) is 0 Å². The highest BCUT2D eigenvalue weighted by Gasteiger charge is 2.64. The van der Waals surface area contributed by atoms with E-state index in [0.29, 0.717) is 17.8 Å². The van der Waals surface area contributed by atoms with Crippen molar-refractivity contribution in [2.24, 2.45) is 46.0 Å². The third-order valence-electron chi connectivity index (χ3n) is 9.62. The van der Waals surface area contributed by atoms with E-state index in [-0.39, 0.29) is 23.0 Å². The molecule has 3 aliphatic carbocycles. The molecular weight excluding hydrogens is 472 g/mol. The lowest BCUT2D eigenvalue weighted by molar-refractivity contribution is -0.0616. The van der Waals surface area contributed by atoms with Gasteiger partial charge < -0.3 is 26.9 Å². The lowest BCUT2D eigenvalue weighted by Gasteiger charge is -2.63. The van der Waals surface area contributed by atoms with Crippen molar-refractivity contribution in [3.8, 4) is 0 Å². The summed E-state index contributed by atoms with van der Waals surface area (Å²) in [7, 11) is 1.93. The smallest absolute Gasteiger partial charge is 0.0555 e. The van der Waals surface area contributed by atoms with Crippen molar-refractivity contribution in [1.29, 1.82) is 5.41 Å². The number of fused-ring (bicyclic) bond motifs is 3. The molecular formula is C31H64N6O. The van der Waals surface area contributed by atoms with Gasteiger partial charge in [-0.05, 0) is 101 Å². The lowest BCUT2D eigenvalue weighted by Crippen LogP contribution is -2.66. The number of aliphatic hydroxyl groups excluding tert-OH is 1. The van der Waals surface area contributed by atoms with Crippen LogP contribution in [0.2, 0.25) is 0 Å². The summed E-state index contributed by atoms with van der Waals surface area (Å²) >= 11 is 0. The van der Waals surface area contributed by atoms with Crippen LogP contribution in [0, 0.1) is 34.0 Å². The van der Waals surface area contributed by atoms with E-state index in [1.807, 2.05) is 20.0 Å². The molecule has 0 amide bonds. The van der Waals surface area contributed by atoms with Gasteiger partial charge in [0.1, 0.15) is 0 Å². The van der Waals surface area contributed by atoms with E-state index in [1.54, 1.807) is 5.57 Å². The molecule has 0 aromatic rings. The molecule has 6 atom stereocenters. The number of hydrazine groups is 1. The standard InChI is InChI=1S/C23H38N2.C5H13NO.C3H9N.H4N2/c1-6-8-17-11-15-23(25)19-10-9-18(16(3)24)22(19,5)14-12-20(23)21(17,4)13-7-2;1-2-3-6-4-5-7;1-3-4-2;1-2/h6,8,18-20,24H,1,7,9-15,25H2,2-5H3;6-7H,2-5H2,1H3;4H,3H2,1-2H3;1-2H2/b17-8-,24-16?;;;. The largest absolute Gasteiger partial charge is 0.395 e. The van der Waals surface area contributed by atoms with Crippen LogP contribution in [0.4, 0.5) is 0 Å². The lowest BCUT2D eigenvalue weighted by atomic mass is 9.44. The zero-order chi connectivity index (χ0) is 29.4. The zero-order valence-electron chi connectivity index (χ0n) is 26.0. The predicted octanol–water partition coefficient (Wildman–Crippen LogP) is 4.90. The fourth-order valence-electron chi connectivity index (χ4n) is 7.92. The van der Waals surface area contributed by atoms with Crippen molar-refractivity contribution in [2.75, 3.05) is 33.3 Å². The molecule has 6 unspecified atom stereocenters. The van der Waals surface area contributed by atoms with Gasteiger partial charge in [0.2, 0.25) is 0 Å².